The van der Waals surface area contributed by atoms with Crippen molar-refractivity contribution in [2.24, 2.45) is 5.92 Å². The van der Waals surface area contributed by atoms with Gasteiger partial charge in [-0.15, -0.1) is 0 Å². The molecule has 1 aromatic rings. The number of aliphatic carboxylic acids is 1. The van der Waals surface area contributed by atoms with Crippen LogP contribution >= 0.6 is 0 Å². The van der Waals surface area contributed by atoms with E-state index in [2.05, 4.69) is 5.32 Å². The van der Waals surface area contributed by atoms with Gasteiger partial charge in [-0.1, -0.05) is 43.9 Å². The first-order valence-electron chi connectivity index (χ1n) is 8.37. The summed E-state index contributed by atoms with van der Waals surface area (Å²) in [5, 5.41) is 12.5. The highest BCUT2D eigenvalue weighted by atomic mass is 16.5. The molecular formula is C18H23NO4. The van der Waals surface area contributed by atoms with E-state index in [0.717, 1.165) is 37.0 Å². The van der Waals surface area contributed by atoms with E-state index in [0.29, 0.717) is 25.9 Å². The lowest BCUT2D eigenvalue weighted by molar-refractivity contribution is -0.149. The Morgan fingerprint density at radius 3 is 2.52 bits per heavy atom. The third-order valence-corrected chi connectivity index (χ3v) is 4.98. The number of hydrogen-bond donors (Lipinski definition) is 2. The van der Waals surface area contributed by atoms with Crippen molar-refractivity contribution in [2.45, 2.75) is 50.5 Å². The molecule has 0 radical (unpaired) electrons. The molecule has 0 aromatic heterocycles. The van der Waals surface area contributed by atoms with Gasteiger partial charge in [-0.3, -0.25) is 4.79 Å². The number of ether oxygens (including phenoxy) is 1. The number of para-hydroxylation sites is 1. The summed E-state index contributed by atoms with van der Waals surface area (Å²) < 4.78 is 5.66. The maximum absolute atomic E-state index is 12.6. The Morgan fingerprint density at radius 2 is 1.83 bits per heavy atom. The molecule has 1 unspecified atom stereocenters. The Bertz CT molecular complexity index is 590. The molecule has 1 aromatic carbocycles. The van der Waals surface area contributed by atoms with Crippen LogP contribution in [-0.4, -0.2) is 29.1 Å². The van der Waals surface area contributed by atoms with Gasteiger partial charge in [0.1, 0.15) is 17.9 Å². The zero-order valence-corrected chi connectivity index (χ0v) is 13.2. The fourth-order valence-corrected chi connectivity index (χ4v) is 3.56. The van der Waals surface area contributed by atoms with Crippen LogP contribution in [0.25, 0.3) is 0 Å². The van der Waals surface area contributed by atoms with Gasteiger partial charge in [0.25, 0.3) is 0 Å². The van der Waals surface area contributed by atoms with Crippen LogP contribution in [0.1, 0.15) is 44.1 Å². The zero-order chi connectivity index (χ0) is 16.3. The summed E-state index contributed by atoms with van der Waals surface area (Å²) in [4.78, 5) is 24.4. The average molecular weight is 317 g/mol. The third-order valence-electron chi connectivity index (χ3n) is 4.98. The number of carboxylic acid groups (broad SMARTS) is 1. The fourth-order valence-electron chi connectivity index (χ4n) is 3.56. The number of carboxylic acids is 1. The predicted octanol–water partition coefficient (Wildman–Crippen LogP) is 2.53. The molecule has 3 rings (SSSR count). The molecule has 1 aliphatic heterocycles. The van der Waals surface area contributed by atoms with Crippen LogP contribution in [-0.2, 0) is 16.0 Å². The van der Waals surface area contributed by atoms with Crippen LogP contribution in [0.2, 0.25) is 0 Å². The lowest BCUT2D eigenvalue weighted by atomic mass is 9.88. The number of fused-ring (bicyclic) bond motifs is 1. The number of benzene rings is 1. The quantitative estimate of drug-likeness (QED) is 0.840. The maximum Gasteiger partial charge on any atom is 0.329 e. The summed E-state index contributed by atoms with van der Waals surface area (Å²) >= 11 is 0. The second-order valence-corrected chi connectivity index (χ2v) is 6.61. The largest absolute Gasteiger partial charge is 0.492 e. The van der Waals surface area contributed by atoms with Gasteiger partial charge in [0.05, 0.1) is 5.92 Å². The van der Waals surface area contributed by atoms with Crippen LogP contribution < -0.4 is 10.1 Å². The molecule has 2 N–H and O–H groups in total. The molecule has 0 saturated heterocycles. The SMILES string of the molecule is O=C(NC1(C(=O)O)CCCCCC1)C1COc2ccccc2C1. The van der Waals surface area contributed by atoms with Gasteiger partial charge in [0.15, 0.2) is 0 Å². The van der Waals surface area contributed by atoms with Crippen molar-refractivity contribution < 1.29 is 19.4 Å². The van der Waals surface area contributed by atoms with Crippen LogP contribution in [0, 0.1) is 5.92 Å². The van der Waals surface area contributed by atoms with Gasteiger partial charge in [-0.2, -0.15) is 0 Å². The Hall–Kier alpha value is -2.04. The third kappa shape index (κ3) is 3.33. The topological polar surface area (TPSA) is 75.6 Å². The van der Waals surface area contributed by atoms with E-state index < -0.39 is 11.5 Å². The second-order valence-electron chi connectivity index (χ2n) is 6.61. The van der Waals surface area contributed by atoms with E-state index in [-0.39, 0.29) is 11.8 Å². The summed E-state index contributed by atoms with van der Waals surface area (Å²) in [5.74, 6) is -0.628. The number of carbonyl (C=O) groups is 2. The normalized spacial score (nSPS) is 23.0. The van der Waals surface area contributed by atoms with Crippen LogP contribution in [0.5, 0.6) is 5.75 Å². The first-order valence-corrected chi connectivity index (χ1v) is 8.37. The standard InChI is InChI=1S/C18H23NO4/c20-16(14-11-13-7-3-4-8-15(13)23-12-14)19-18(17(21)22)9-5-1-2-6-10-18/h3-4,7-8,14H,1-2,5-6,9-12H2,(H,19,20)(H,21,22). The first-order chi connectivity index (χ1) is 11.1. The molecular weight excluding hydrogens is 294 g/mol. The number of amides is 1. The van der Waals surface area contributed by atoms with E-state index in [1.165, 1.54) is 0 Å². The Kier molecular flexibility index (Phi) is 4.55. The fraction of sp³-hybridized carbons (Fsp3) is 0.556. The molecule has 1 atom stereocenters. The summed E-state index contributed by atoms with van der Waals surface area (Å²) in [5.41, 5.74) is -0.103. The molecule has 5 nitrogen and oxygen atoms in total. The molecule has 0 spiro atoms. The van der Waals surface area contributed by atoms with E-state index in [1.807, 2.05) is 24.3 Å². The summed E-state index contributed by atoms with van der Waals surface area (Å²) in [6, 6.07) is 7.68. The highest BCUT2D eigenvalue weighted by Gasteiger charge is 2.41. The molecule has 1 saturated carbocycles. The van der Waals surface area contributed by atoms with Gasteiger partial charge in [-0.05, 0) is 30.9 Å². The van der Waals surface area contributed by atoms with Crippen LogP contribution in [0.15, 0.2) is 24.3 Å². The van der Waals surface area contributed by atoms with Crippen molar-refractivity contribution in [3.8, 4) is 5.75 Å². The van der Waals surface area contributed by atoms with Crippen molar-refractivity contribution >= 4 is 11.9 Å². The van der Waals surface area contributed by atoms with Crippen molar-refractivity contribution in [1.82, 2.24) is 5.32 Å². The van der Waals surface area contributed by atoms with Gasteiger partial charge in [0.2, 0.25) is 5.91 Å². The van der Waals surface area contributed by atoms with Crippen LogP contribution in [0.3, 0.4) is 0 Å². The Morgan fingerprint density at radius 1 is 1.13 bits per heavy atom. The monoisotopic (exact) mass is 317 g/mol. The van der Waals surface area contributed by atoms with E-state index in [4.69, 9.17) is 4.74 Å². The van der Waals surface area contributed by atoms with E-state index in [9.17, 15) is 14.7 Å². The summed E-state index contributed by atoms with van der Waals surface area (Å²) in [6.45, 7) is 0.304. The lowest BCUT2D eigenvalue weighted by Gasteiger charge is -2.32. The van der Waals surface area contributed by atoms with Gasteiger partial charge >= 0.3 is 5.97 Å². The summed E-state index contributed by atoms with van der Waals surface area (Å²) in [7, 11) is 0. The van der Waals surface area contributed by atoms with E-state index in [1.54, 1.807) is 0 Å². The second kappa shape index (κ2) is 6.60. The highest BCUT2D eigenvalue weighted by molar-refractivity contribution is 5.88. The average Bonchev–Trinajstić information content (AvgIpc) is 2.81. The van der Waals surface area contributed by atoms with Gasteiger partial charge in [-0.25, -0.2) is 4.79 Å². The molecule has 2 aliphatic rings. The van der Waals surface area contributed by atoms with E-state index >= 15 is 0 Å². The van der Waals surface area contributed by atoms with Gasteiger partial charge in [0, 0.05) is 0 Å². The molecule has 23 heavy (non-hydrogen) atoms. The molecule has 1 amide bonds. The predicted molar refractivity (Wildman–Crippen MR) is 85.3 cm³/mol. The molecule has 1 aliphatic carbocycles. The number of carbonyl (C=O) groups excluding carboxylic acids is 1. The molecule has 124 valence electrons. The minimum atomic E-state index is -1.11. The van der Waals surface area contributed by atoms with Crippen molar-refractivity contribution in [3.63, 3.8) is 0 Å². The first kappa shape index (κ1) is 15.8. The number of nitrogens with one attached hydrogen (secondary N) is 1. The Balaban J connectivity index is 1.71. The molecule has 1 heterocycles. The number of hydrogen-bond acceptors (Lipinski definition) is 3. The van der Waals surface area contributed by atoms with Crippen molar-refractivity contribution in [1.29, 1.82) is 0 Å². The maximum atomic E-state index is 12.6. The molecule has 1 fully saturated rings. The molecule has 0 bridgehead atoms. The smallest absolute Gasteiger partial charge is 0.329 e. The van der Waals surface area contributed by atoms with Crippen molar-refractivity contribution in [2.75, 3.05) is 6.61 Å². The highest BCUT2D eigenvalue weighted by Crippen LogP contribution is 2.30. The van der Waals surface area contributed by atoms with Crippen LogP contribution in [0.4, 0.5) is 0 Å². The van der Waals surface area contributed by atoms with Gasteiger partial charge < -0.3 is 15.2 Å². The molecule has 5 heteroatoms. The minimum absolute atomic E-state index is 0.205. The van der Waals surface area contributed by atoms with Crippen molar-refractivity contribution in [3.05, 3.63) is 29.8 Å². The zero-order valence-electron chi connectivity index (χ0n) is 13.2. The summed E-state index contributed by atoms with van der Waals surface area (Å²) in [6.07, 6.45) is 5.37. The lowest BCUT2D eigenvalue weighted by Crippen LogP contribution is -2.56. The number of rotatable bonds is 3. The minimum Gasteiger partial charge on any atom is -0.492 e. The Labute approximate surface area is 136 Å².